The molecule has 0 unspecified atom stereocenters. The first-order chi connectivity index (χ1) is 10.5. The summed E-state index contributed by atoms with van der Waals surface area (Å²) in [5.41, 5.74) is 23.3. The fraction of sp³-hybridized carbons (Fsp3) is 1.00. The smallest absolute Gasteiger partial charge is 0.176 e. The fourth-order valence-electron chi connectivity index (χ4n) is 2.96. The molecule has 2 aliphatic rings. The van der Waals surface area contributed by atoms with Crippen LogP contribution in [-0.2, 0) is 9.47 Å². The predicted octanol–water partition coefficient (Wildman–Crippen LogP) is -3.86. The van der Waals surface area contributed by atoms with Crippen molar-refractivity contribution in [1.29, 1.82) is 0 Å². The van der Waals surface area contributed by atoms with Gasteiger partial charge in [0.2, 0.25) is 0 Å². The molecular formula is C13H29N5O4. The van der Waals surface area contributed by atoms with E-state index in [0.717, 1.165) is 13.0 Å². The lowest BCUT2D eigenvalue weighted by Crippen LogP contribution is -2.64. The topological polar surface area (TPSA) is 175 Å². The molecule has 0 saturated carbocycles. The van der Waals surface area contributed by atoms with Crippen molar-refractivity contribution >= 4 is 0 Å². The molecule has 9 nitrogen and oxygen atoms in total. The molecule has 11 N–H and O–H groups in total. The summed E-state index contributed by atoms with van der Waals surface area (Å²) in [6, 6.07) is -0.933. The van der Waals surface area contributed by atoms with Gasteiger partial charge in [-0.1, -0.05) is 0 Å². The third-order valence-electron chi connectivity index (χ3n) is 4.48. The van der Waals surface area contributed by atoms with Crippen LogP contribution in [0.25, 0.3) is 0 Å². The molecule has 0 aromatic rings. The second-order valence-corrected chi connectivity index (χ2v) is 6.09. The first-order valence-corrected chi connectivity index (χ1v) is 7.79. The van der Waals surface area contributed by atoms with Gasteiger partial charge in [-0.2, -0.15) is 0 Å². The lowest BCUT2D eigenvalue weighted by atomic mass is 9.97. The molecule has 130 valence electrons. The highest BCUT2D eigenvalue weighted by Crippen LogP contribution is 2.24. The summed E-state index contributed by atoms with van der Waals surface area (Å²) in [6.45, 7) is 1.32. The third kappa shape index (κ3) is 3.94. The van der Waals surface area contributed by atoms with Crippen LogP contribution >= 0.6 is 0 Å². The van der Waals surface area contributed by atoms with Crippen molar-refractivity contribution in [2.24, 2.45) is 22.9 Å². The van der Waals surface area contributed by atoms with Crippen LogP contribution in [0.15, 0.2) is 0 Å². The number of hydrogen-bond donors (Lipinski definition) is 7. The van der Waals surface area contributed by atoms with E-state index in [1.807, 2.05) is 0 Å². The minimum absolute atomic E-state index is 0.0640. The minimum atomic E-state index is -1.15. The summed E-state index contributed by atoms with van der Waals surface area (Å²) in [5.74, 6) is 0. The maximum atomic E-state index is 10.0. The van der Waals surface area contributed by atoms with Gasteiger partial charge in [-0.3, -0.25) is 0 Å². The van der Waals surface area contributed by atoms with Gasteiger partial charge in [0.25, 0.3) is 0 Å². The first-order valence-electron chi connectivity index (χ1n) is 7.79. The number of rotatable bonds is 4. The summed E-state index contributed by atoms with van der Waals surface area (Å²) in [5, 5.41) is 23.2. The Morgan fingerprint density at radius 1 is 1.14 bits per heavy atom. The van der Waals surface area contributed by atoms with E-state index in [2.05, 4.69) is 5.32 Å². The van der Waals surface area contributed by atoms with Crippen LogP contribution in [0.5, 0.6) is 0 Å². The van der Waals surface area contributed by atoms with Crippen LogP contribution in [0.3, 0.4) is 0 Å². The first kappa shape index (κ1) is 18.0. The van der Waals surface area contributed by atoms with Gasteiger partial charge >= 0.3 is 0 Å². The number of ether oxygens (including phenoxy) is 2. The average molecular weight is 319 g/mol. The number of nitrogens with two attached hydrogens (primary N) is 4. The molecule has 2 aliphatic heterocycles. The van der Waals surface area contributed by atoms with Crippen LogP contribution in [0.1, 0.15) is 12.8 Å². The highest BCUT2D eigenvalue weighted by atomic mass is 16.7. The largest absolute Gasteiger partial charge is 0.388 e. The van der Waals surface area contributed by atoms with E-state index in [1.165, 1.54) is 0 Å². The third-order valence-corrected chi connectivity index (χ3v) is 4.48. The number of nitrogens with one attached hydrogen (secondary N) is 1. The Morgan fingerprint density at radius 2 is 1.86 bits per heavy atom. The van der Waals surface area contributed by atoms with Gasteiger partial charge in [-0.25, -0.2) is 0 Å². The highest BCUT2D eigenvalue weighted by Gasteiger charge is 2.44. The van der Waals surface area contributed by atoms with E-state index in [0.29, 0.717) is 13.0 Å². The standard InChI is InChI=1S/C13H29N5O4/c14-4-6-3-8(7(16)1-2-18-6)21-13-10(17)12(20)11(19)9(5-15)22-13/h6-13,18-20H,1-5,14-17H2/t6-,7+,8+,9-,10-,11-,12-,13+/m1/s1. The zero-order valence-electron chi connectivity index (χ0n) is 12.7. The second kappa shape index (κ2) is 7.95. The molecule has 0 aliphatic carbocycles. The Kier molecular flexibility index (Phi) is 6.50. The molecule has 22 heavy (non-hydrogen) atoms. The fourth-order valence-corrected chi connectivity index (χ4v) is 2.96. The van der Waals surface area contributed by atoms with E-state index >= 15 is 0 Å². The number of hydrogen-bond acceptors (Lipinski definition) is 9. The number of aliphatic hydroxyl groups is 2. The lowest BCUT2D eigenvalue weighted by molar-refractivity contribution is -0.272. The molecule has 0 aromatic heterocycles. The molecule has 0 amide bonds. The normalized spacial score (nSPS) is 47.2. The predicted molar refractivity (Wildman–Crippen MR) is 80.6 cm³/mol. The lowest BCUT2D eigenvalue weighted by Gasteiger charge is -2.42. The molecule has 2 fully saturated rings. The zero-order valence-corrected chi connectivity index (χ0v) is 12.7. The quantitative estimate of drug-likeness (QED) is 0.273. The summed E-state index contributed by atoms with van der Waals surface area (Å²) in [7, 11) is 0. The molecule has 0 aromatic carbocycles. The van der Waals surface area contributed by atoms with E-state index < -0.39 is 30.6 Å². The van der Waals surface area contributed by atoms with Gasteiger partial charge < -0.3 is 47.9 Å². The Balaban J connectivity index is 2.03. The van der Waals surface area contributed by atoms with Gasteiger partial charge in [0, 0.05) is 25.2 Å². The van der Waals surface area contributed by atoms with Crippen LogP contribution in [0.4, 0.5) is 0 Å². The summed E-state index contributed by atoms with van der Waals surface area (Å²) in [4.78, 5) is 0. The van der Waals surface area contributed by atoms with Gasteiger partial charge in [0.15, 0.2) is 6.29 Å². The van der Waals surface area contributed by atoms with Crippen LogP contribution in [0, 0.1) is 0 Å². The molecule has 9 heteroatoms. The van der Waals surface area contributed by atoms with Crippen molar-refractivity contribution < 1.29 is 19.7 Å². The SMILES string of the molecule is NC[C@H]1C[C@H](O[C@H]2O[C@H](CN)[C@@H](O)[C@H](O)[C@H]2N)[C@@H](N)CCN1. The minimum Gasteiger partial charge on any atom is -0.388 e. The van der Waals surface area contributed by atoms with Crippen molar-refractivity contribution in [3.63, 3.8) is 0 Å². The molecule has 8 atom stereocenters. The zero-order chi connectivity index (χ0) is 16.3. The molecule has 0 bridgehead atoms. The van der Waals surface area contributed by atoms with Crippen molar-refractivity contribution in [1.82, 2.24) is 5.32 Å². The van der Waals surface area contributed by atoms with E-state index in [9.17, 15) is 10.2 Å². The Bertz CT molecular complexity index is 348. The van der Waals surface area contributed by atoms with Crippen molar-refractivity contribution in [3.05, 3.63) is 0 Å². The van der Waals surface area contributed by atoms with Gasteiger partial charge in [0.05, 0.1) is 12.1 Å². The van der Waals surface area contributed by atoms with Gasteiger partial charge in [-0.15, -0.1) is 0 Å². The van der Waals surface area contributed by atoms with Crippen LogP contribution < -0.4 is 28.3 Å². The van der Waals surface area contributed by atoms with Crippen molar-refractivity contribution in [2.75, 3.05) is 19.6 Å². The molecule has 2 rings (SSSR count). The molecule has 0 radical (unpaired) electrons. The second-order valence-electron chi connectivity index (χ2n) is 6.09. The van der Waals surface area contributed by atoms with E-state index in [-0.39, 0.29) is 24.7 Å². The molecule has 0 spiro atoms. The Hall–Kier alpha value is -0.360. The molecular weight excluding hydrogens is 290 g/mol. The summed E-state index contributed by atoms with van der Waals surface area (Å²) < 4.78 is 11.5. The summed E-state index contributed by atoms with van der Waals surface area (Å²) in [6.07, 6.45) is -2.77. The van der Waals surface area contributed by atoms with Crippen molar-refractivity contribution in [2.45, 2.75) is 61.7 Å². The summed E-state index contributed by atoms with van der Waals surface area (Å²) >= 11 is 0. The Labute approximate surface area is 130 Å². The van der Waals surface area contributed by atoms with Crippen LogP contribution in [0.2, 0.25) is 0 Å². The van der Waals surface area contributed by atoms with Gasteiger partial charge in [-0.05, 0) is 19.4 Å². The molecule has 2 heterocycles. The van der Waals surface area contributed by atoms with Crippen LogP contribution in [-0.4, -0.2) is 78.7 Å². The van der Waals surface area contributed by atoms with Gasteiger partial charge in [0.1, 0.15) is 18.3 Å². The average Bonchev–Trinajstić information content (AvgIpc) is 2.69. The maximum Gasteiger partial charge on any atom is 0.176 e. The molecule has 2 saturated heterocycles. The van der Waals surface area contributed by atoms with E-state index in [4.69, 9.17) is 32.4 Å². The van der Waals surface area contributed by atoms with Crippen molar-refractivity contribution in [3.8, 4) is 0 Å². The Morgan fingerprint density at radius 3 is 2.50 bits per heavy atom. The highest BCUT2D eigenvalue weighted by molar-refractivity contribution is 4.93. The number of aliphatic hydroxyl groups excluding tert-OH is 2. The monoisotopic (exact) mass is 319 g/mol. The van der Waals surface area contributed by atoms with E-state index in [1.54, 1.807) is 0 Å². The maximum absolute atomic E-state index is 10.0.